The van der Waals surface area contributed by atoms with Gasteiger partial charge in [0.15, 0.2) is 0 Å². The second-order valence-corrected chi connectivity index (χ2v) is 9.35. The molecule has 3 aromatic heterocycles. The lowest BCUT2D eigenvalue weighted by Gasteiger charge is -2.09. The zero-order valence-electron chi connectivity index (χ0n) is 15.5. The van der Waals surface area contributed by atoms with Crippen LogP contribution in [0.15, 0.2) is 82.0 Å². The van der Waals surface area contributed by atoms with Crippen molar-refractivity contribution in [3.05, 3.63) is 87.5 Å². The number of anilines is 1. The summed E-state index contributed by atoms with van der Waals surface area (Å²) in [5.74, 6) is -0.184. The maximum absolute atomic E-state index is 12.8. The topological polar surface area (TPSA) is 54.9 Å². The first kappa shape index (κ1) is 19.1. The summed E-state index contributed by atoms with van der Waals surface area (Å²) in [4.78, 5) is 24.7. The van der Waals surface area contributed by atoms with Crippen molar-refractivity contribution in [1.82, 2.24) is 9.97 Å². The van der Waals surface area contributed by atoms with Gasteiger partial charge in [-0.15, -0.1) is 22.7 Å². The van der Waals surface area contributed by atoms with Gasteiger partial charge in [-0.25, -0.2) is 9.97 Å². The minimum atomic E-state index is -0.184. The number of halogens is 1. The van der Waals surface area contributed by atoms with E-state index in [2.05, 4.69) is 27.3 Å². The number of fused-ring (bicyclic) bond motifs is 1. The number of hydrogen-bond donors (Lipinski definition) is 1. The van der Waals surface area contributed by atoms with Crippen molar-refractivity contribution in [1.29, 1.82) is 0 Å². The number of amides is 1. The lowest BCUT2D eigenvalue weighted by molar-refractivity contribution is 0.102. The fourth-order valence-corrected chi connectivity index (χ4v) is 4.96. The summed E-state index contributed by atoms with van der Waals surface area (Å²) < 4.78 is 0.909. The summed E-state index contributed by atoms with van der Waals surface area (Å²) in [6, 6.07) is 21.1. The third-order valence-electron chi connectivity index (χ3n) is 4.52. The number of benzene rings is 2. The van der Waals surface area contributed by atoms with E-state index in [1.165, 1.54) is 0 Å². The third kappa shape index (κ3) is 3.79. The van der Waals surface area contributed by atoms with Crippen molar-refractivity contribution in [2.75, 3.05) is 5.32 Å². The number of nitrogens with one attached hydrogen (secondary N) is 1. The molecule has 0 radical (unpaired) electrons. The molecule has 0 aliphatic rings. The maximum atomic E-state index is 12.8. The van der Waals surface area contributed by atoms with Crippen LogP contribution in [0.4, 0.5) is 5.69 Å². The van der Waals surface area contributed by atoms with Crippen LogP contribution in [0.25, 0.3) is 32.2 Å². The quantitative estimate of drug-likeness (QED) is 0.291. The van der Waals surface area contributed by atoms with Crippen LogP contribution in [0.2, 0.25) is 0 Å². The van der Waals surface area contributed by atoms with Gasteiger partial charge in [0, 0.05) is 15.7 Å². The maximum Gasteiger partial charge on any atom is 0.255 e. The summed E-state index contributed by atoms with van der Waals surface area (Å²) in [6.45, 7) is 0. The molecule has 5 aromatic rings. The summed E-state index contributed by atoms with van der Waals surface area (Å²) in [5.41, 5.74) is 4.43. The summed E-state index contributed by atoms with van der Waals surface area (Å²) in [5, 5.41) is 6.99. The molecule has 0 fully saturated rings. The van der Waals surface area contributed by atoms with E-state index in [1.54, 1.807) is 34.8 Å². The highest BCUT2D eigenvalue weighted by Gasteiger charge is 2.16. The third-order valence-corrected chi connectivity index (χ3v) is 6.76. The molecule has 0 aliphatic carbocycles. The van der Waals surface area contributed by atoms with Crippen LogP contribution in [0.1, 0.15) is 10.4 Å². The van der Waals surface area contributed by atoms with E-state index < -0.39 is 0 Å². The molecule has 2 aromatic carbocycles. The Morgan fingerprint density at radius 2 is 1.50 bits per heavy atom. The average Bonchev–Trinajstić information content (AvgIpc) is 3.46. The molecular weight excluding hydrogens is 478 g/mol. The van der Waals surface area contributed by atoms with Crippen LogP contribution in [-0.4, -0.2) is 15.9 Å². The standard InChI is InChI=1S/C23H14BrN3OS2/c24-15-4-1-5-16(13-15)25-23(28)14-8-9-17-18(12-14)27-22(20-7-3-11-30-20)21(26-17)19-6-2-10-29-19/h1-13H,(H,25,28). The molecule has 0 saturated carbocycles. The summed E-state index contributed by atoms with van der Waals surface area (Å²) in [6.07, 6.45) is 0. The summed E-state index contributed by atoms with van der Waals surface area (Å²) >= 11 is 6.69. The Morgan fingerprint density at radius 1 is 0.800 bits per heavy atom. The molecular formula is C23H14BrN3OS2. The number of hydrogen-bond acceptors (Lipinski definition) is 5. The fraction of sp³-hybridized carbons (Fsp3) is 0. The Hall–Kier alpha value is -2.87. The Balaban J connectivity index is 1.57. The Kier molecular flexibility index (Phi) is 5.16. The second-order valence-electron chi connectivity index (χ2n) is 6.54. The molecule has 4 nitrogen and oxygen atoms in total. The summed E-state index contributed by atoms with van der Waals surface area (Å²) in [7, 11) is 0. The van der Waals surface area contributed by atoms with Crippen LogP contribution in [0.3, 0.4) is 0 Å². The van der Waals surface area contributed by atoms with Crippen molar-refractivity contribution in [2.24, 2.45) is 0 Å². The van der Waals surface area contributed by atoms with Gasteiger partial charge < -0.3 is 5.32 Å². The molecule has 30 heavy (non-hydrogen) atoms. The highest BCUT2D eigenvalue weighted by molar-refractivity contribution is 9.10. The van der Waals surface area contributed by atoms with Gasteiger partial charge in [-0.2, -0.15) is 0 Å². The SMILES string of the molecule is O=C(Nc1cccc(Br)c1)c1ccc2nc(-c3cccs3)c(-c3cccs3)nc2c1. The van der Waals surface area contributed by atoms with Crippen LogP contribution in [0.5, 0.6) is 0 Å². The molecule has 1 amide bonds. The van der Waals surface area contributed by atoms with Crippen molar-refractivity contribution in [3.63, 3.8) is 0 Å². The molecule has 0 spiro atoms. The molecule has 146 valence electrons. The van der Waals surface area contributed by atoms with Crippen LogP contribution < -0.4 is 5.32 Å². The smallest absolute Gasteiger partial charge is 0.255 e. The number of aromatic nitrogens is 2. The number of nitrogens with zero attached hydrogens (tertiary/aromatic N) is 2. The highest BCUT2D eigenvalue weighted by atomic mass is 79.9. The molecule has 5 rings (SSSR count). The van der Waals surface area contributed by atoms with Gasteiger partial charge in [0.1, 0.15) is 11.4 Å². The van der Waals surface area contributed by atoms with E-state index in [0.29, 0.717) is 11.1 Å². The van der Waals surface area contributed by atoms with Gasteiger partial charge in [0.2, 0.25) is 0 Å². The van der Waals surface area contributed by atoms with E-state index in [1.807, 2.05) is 59.3 Å². The minimum Gasteiger partial charge on any atom is -0.322 e. The number of rotatable bonds is 4. The van der Waals surface area contributed by atoms with E-state index in [-0.39, 0.29) is 5.91 Å². The van der Waals surface area contributed by atoms with Crippen molar-refractivity contribution in [2.45, 2.75) is 0 Å². The van der Waals surface area contributed by atoms with Crippen LogP contribution in [0, 0.1) is 0 Å². The lowest BCUT2D eigenvalue weighted by Crippen LogP contribution is -2.12. The Morgan fingerprint density at radius 3 is 2.13 bits per heavy atom. The van der Waals surface area contributed by atoms with Gasteiger partial charge in [0.05, 0.1) is 20.8 Å². The number of carbonyl (C=O) groups excluding carboxylic acids is 1. The largest absolute Gasteiger partial charge is 0.322 e. The zero-order valence-corrected chi connectivity index (χ0v) is 18.7. The van der Waals surface area contributed by atoms with Crippen molar-refractivity contribution in [3.8, 4) is 21.1 Å². The minimum absolute atomic E-state index is 0.184. The first-order chi connectivity index (χ1) is 14.7. The second kappa shape index (κ2) is 8.10. The number of carbonyl (C=O) groups is 1. The Bertz CT molecular complexity index is 1350. The molecule has 0 bridgehead atoms. The van der Waals surface area contributed by atoms with Crippen molar-refractivity contribution >= 4 is 61.2 Å². The Labute approximate surface area is 189 Å². The van der Waals surface area contributed by atoms with Crippen molar-refractivity contribution < 1.29 is 4.79 Å². The molecule has 0 aliphatic heterocycles. The van der Waals surface area contributed by atoms with E-state index in [0.717, 1.165) is 36.8 Å². The molecule has 0 atom stereocenters. The molecule has 0 saturated heterocycles. The monoisotopic (exact) mass is 491 g/mol. The van der Waals surface area contributed by atoms with Crippen LogP contribution in [-0.2, 0) is 0 Å². The predicted octanol–water partition coefficient (Wildman–Crippen LogP) is 7.10. The van der Waals surface area contributed by atoms with E-state index >= 15 is 0 Å². The molecule has 3 heterocycles. The van der Waals surface area contributed by atoms with Gasteiger partial charge in [-0.1, -0.05) is 34.1 Å². The highest BCUT2D eigenvalue weighted by Crippen LogP contribution is 2.35. The van der Waals surface area contributed by atoms with E-state index in [9.17, 15) is 4.79 Å². The van der Waals surface area contributed by atoms with Gasteiger partial charge in [-0.05, 0) is 59.3 Å². The zero-order chi connectivity index (χ0) is 20.5. The predicted molar refractivity (Wildman–Crippen MR) is 128 cm³/mol. The van der Waals surface area contributed by atoms with Gasteiger partial charge >= 0.3 is 0 Å². The first-order valence-electron chi connectivity index (χ1n) is 9.14. The van der Waals surface area contributed by atoms with E-state index in [4.69, 9.17) is 9.97 Å². The normalized spacial score (nSPS) is 11.0. The fourth-order valence-electron chi connectivity index (χ4n) is 3.14. The number of thiophene rings is 2. The van der Waals surface area contributed by atoms with Gasteiger partial charge in [-0.3, -0.25) is 4.79 Å². The molecule has 1 N–H and O–H groups in total. The first-order valence-corrected chi connectivity index (χ1v) is 11.7. The van der Waals surface area contributed by atoms with Crippen LogP contribution >= 0.6 is 38.6 Å². The molecule has 7 heteroatoms. The molecule has 0 unspecified atom stereocenters. The lowest BCUT2D eigenvalue weighted by atomic mass is 10.1. The van der Waals surface area contributed by atoms with Gasteiger partial charge in [0.25, 0.3) is 5.91 Å². The average molecular weight is 492 g/mol.